The second-order valence-corrected chi connectivity index (χ2v) is 4.31. The van der Waals surface area contributed by atoms with Crippen LogP contribution < -0.4 is 5.32 Å². The summed E-state index contributed by atoms with van der Waals surface area (Å²) in [5.41, 5.74) is -0.0627. The van der Waals surface area contributed by atoms with Crippen LogP contribution in [0.2, 0.25) is 0 Å². The number of hydrogen-bond acceptors (Lipinski definition) is 3. The van der Waals surface area contributed by atoms with Crippen molar-refractivity contribution in [3.05, 3.63) is 69.5 Å². The van der Waals surface area contributed by atoms with Crippen LogP contribution in [0, 0.1) is 27.6 Å². The molecule has 0 aliphatic rings. The summed E-state index contributed by atoms with van der Waals surface area (Å²) >= 11 is 0. The summed E-state index contributed by atoms with van der Waals surface area (Å²) in [5, 5.41) is 13.3. The minimum Gasteiger partial charge on any atom is -0.380 e. The summed E-state index contributed by atoms with van der Waals surface area (Å²) < 4.78 is 39.5. The lowest BCUT2D eigenvalue weighted by atomic mass is 10.1. The minimum absolute atomic E-state index is 0.0562. The Morgan fingerprint density at radius 3 is 2.33 bits per heavy atom. The van der Waals surface area contributed by atoms with Crippen LogP contribution in [0.1, 0.15) is 5.56 Å². The van der Waals surface area contributed by atoms with E-state index < -0.39 is 28.1 Å². The first kappa shape index (κ1) is 14.8. The number of halogens is 3. The summed E-state index contributed by atoms with van der Waals surface area (Å²) in [4.78, 5) is 10.3. The first-order valence-electron chi connectivity index (χ1n) is 6.09. The van der Waals surface area contributed by atoms with Crippen LogP contribution in [-0.2, 0) is 6.42 Å². The van der Waals surface area contributed by atoms with Gasteiger partial charge in [-0.3, -0.25) is 10.1 Å². The molecule has 2 rings (SSSR count). The molecule has 0 aromatic heterocycles. The van der Waals surface area contributed by atoms with Crippen molar-refractivity contribution in [3.63, 3.8) is 0 Å². The summed E-state index contributed by atoms with van der Waals surface area (Å²) in [7, 11) is 0. The highest BCUT2D eigenvalue weighted by atomic mass is 19.1. The summed E-state index contributed by atoms with van der Waals surface area (Å²) in [6.07, 6.45) is 0.202. The Bertz CT molecular complexity index is 654. The SMILES string of the molecule is O=[N+]([O-])c1ccccc1CCNc1c(F)cc(F)cc1F. The fourth-order valence-corrected chi connectivity index (χ4v) is 1.93. The van der Waals surface area contributed by atoms with Crippen LogP contribution in [0.25, 0.3) is 0 Å². The van der Waals surface area contributed by atoms with Crippen LogP contribution in [0.3, 0.4) is 0 Å². The van der Waals surface area contributed by atoms with Gasteiger partial charge in [0.2, 0.25) is 0 Å². The van der Waals surface area contributed by atoms with Gasteiger partial charge in [0.15, 0.2) is 11.6 Å². The van der Waals surface area contributed by atoms with E-state index in [1.54, 1.807) is 12.1 Å². The van der Waals surface area contributed by atoms with E-state index in [2.05, 4.69) is 5.32 Å². The Morgan fingerprint density at radius 1 is 1.10 bits per heavy atom. The molecule has 0 atom stereocenters. The molecule has 1 N–H and O–H groups in total. The van der Waals surface area contributed by atoms with Crippen LogP contribution in [0.4, 0.5) is 24.5 Å². The Balaban J connectivity index is 2.08. The molecule has 0 unspecified atom stereocenters. The zero-order valence-electron chi connectivity index (χ0n) is 10.8. The molecule has 7 heteroatoms. The van der Waals surface area contributed by atoms with E-state index in [0.29, 0.717) is 17.7 Å². The summed E-state index contributed by atoms with van der Waals surface area (Å²) in [6, 6.07) is 7.23. The Morgan fingerprint density at radius 2 is 1.71 bits per heavy atom. The second-order valence-electron chi connectivity index (χ2n) is 4.31. The van der Waals surface area contributed by atoms with E-state index >= 15 is 0 Å². The van der Waals surface area contributed by atoms with Gasteiger partial charge < -0.3 is 5.32 Å². The van der Waals surface area contributed by atoms with Gasteiger partial charge in [0.1, 0.15) is 11.5 Å². The summed E-state index contributed by atoms with van der Waals surface area (Å²) in [5.74, 6) is -3.10. The van der Waals surface area contributed by atoms with Gasteiger partial charge in [0, 0.05) is 30.3 Å². The molecule has 0 radical (unpaired) electrons. The molecule has 4 nitrogen and oxygen atoms in total. The van der Waals surface area contributed by atoms with Crippen molar-refractivity contribution in [2.45, 2.75) is 6.42 Å². The first-order chi connectivity index (χ1) is 9.99. The predicted octanol–water partition coefficient (Wildman–Crippen LogP) is 3.67. The van der Waals surface area contributed by atoms with Crippen molar-refractivity contribution in [3.8, 4) is 0 Å². The lowest BCUT2D eigenvalue weighted by molar-refractivity contribution is -0.385. The molecule has 2 aromatic carbocycles. The van der Waals surface area contributed by atoms with Gasteiger partial charge >= 0.3 is 0 Å². The molecule has 2 aromatic rings. The number of benzene rings is 2. The average molecular weight is 296 g/mol. The van der Waals surface area contributed by atoms with Gasteiger partial charge in [-0.15, -0.1) is 0 Å². The van der Waals surface area contributed by atoms with Crippen molar-refractivity contribution in [1.29, 1.82) is 0 Å². The molecule has 0 spiro atoms. The largest absolute Gasteiger partial charge is 0.380 e. The number of nitro groups is 1. The molecular weight excluding hydrogens is 285 g/mol. The third kappa shape index (κ3) is 3.50. The van der Waals surface area contributed by atoms with Crippen molar-refractivity contribution >= 4 is 11.4 Å². The van der Waals surface area contributed by atoms with Crippen molar-refractivity contribution in [2.75, 3.05) is 11.9 Å². The van der Waals surface area contributed by atoms with E-state index in [4.69, 9.17) is 0 Å². The van der Waals surface area contributed by atoms with E-state index in [9.17, 15) is 23.3 Å². The lowest BCUT2D eigenvalue weighted by Gasteiger charge is -2.09. The van der Waals surface area contributed by atoms with Gasteiger partial charge in [-0.2, -0.15) is 0 Å². The number of anilines is 1. The van der Waals surface area contributed by atoms with E-state index in [-0.39, 0.29) is 18.7 Å². The average Bonchev–Trinajstić information content (AvgIpc) is 2.42. The zero-order valence-corrected chi connectivity index (χ0v) is 10.8. The number of rotatable bonds is 5. The van der Waals surface area contributed by atoms with Gasteiger partial charge in [-0.05, 0) is 6.42 Å². The first-order valence-corrected chi connectivity index (χ1v) is 6.09. The molecule has 0 heterocycles. The van der Waals surface area contributed by atoms with Crippen LogP contribution in [-0.4, -0.2) is 11.5 Å². The standard InChI is InChI=1S/C14H11F3N2O2/c15-10-7-11(16)14(12(17)8-10)18-6-5-9-3-1-2-4-13(9)19(20)21/h1-4,7-8,18H,5-6H2. The molecule has 0 saturated heterocycles. The third-order valence-electron chi connectivity index (χ3n) is 2.89. The van der Waals surface area contributed by atoms with Crippen molar-refractivity contribution in [1.82, 2.24) is 0 Å². The third-order valence-corrected chi connectivity index (χ3v) is 2.89. The Kier molecular flexibility index (Phi) is 4.42. The van der Waals surface area contributed by atoms with Gasteiger partial charge in [-0.1, -0.05) is 18.2 Å². The number of nitrogens with one attached hydrogen (secondary N) is 1. The maximum Gasteiger partial charge on any atom is 0.272 e. The van der Waals surface area contributed by atoms with Gasteiger partial charge in [-0.25, -0.2) is 13.2 Å². The lowest BCUT2D eigenvalue weighted by Crippen LogP contribution is -2.09. The van der Waals surface area contributed by atoms with E-state index in [0.717, 1.165) is 0 Å². The highest BCUT2D eigenvalue weighted by Gasteiger charge is 2.14. The Labute approximate surface area is 118 Å². The van der Waals surface area contributed by atoms with E-state index in [1.165, 1.54) is 12.1 Å². The molecule has 110 valence electrons. The highest BCUT2D eigenvalue weighted by Crippen LogP contribution is 2.21. The fourth-order valence-electron chi connectivity index (χ4n) is 1.93. The monoisotopic (exact) mass is 296 g/mol. The predicted molar refractivity (Wildman–Crippen MR) is 71.6 cm³/mol. The van der Waals surface area contributed by atoms with Crippen molar-refractivity contribution < 1.29 is 18.1 Å². The minimum atomic E-state index is -1.05. The second kappa shape index (κ2) is 6.25. The van der Waals surface area contributed by atoms with E-state index in [1.807, 2.05) is 0 Å². The Hall–Kier alpha value is -2.57. The smallest absolute Gasteiger partial charge is 0.272 e. The number of para-hydroxylation sites is 1. The topological polar surface area (TPSA) is 55.2 Å². The molecule has 0 aliphatic carbocycles. The molecule has 0 saturated carbocycles. The molecule has 0 bridgehead atoms. The molecule has 0 aliphatic heterocycles. The summed E-state index contributed by atoms with van der Waals surface area (Å²) in [6.45, 7) is 0.0737. The molecule has 0 fully saturated rings. The van der Waals surface area contributed by atoms with Crippen LogP contribution in [0.5, 0.6) is 0 Å². The highest BCUT2D eigenvalue weighted by molar-refractivity contribution is 5.47. The maximum atomic E-state index is 13.4. The zero-order chi connectivity index (χ0) is 15.4. The van der Waals surface area contributed by atoms with Crippen LogP contribution in [0.15, 0.2) is 36.4 Å². The molecule has 21 heavy (non-hydrogen) atoms. The van der Waals surface area contributed by atoms with Crippen molar-refractivity contribution in [2.24, 2.45) is 0 Å². The fraction of sp³-hybridized carbons (Fsp3) is 0.143. The normalized spacial score (nSPS) is 10.4. The number of nitro benzene ring substituents is 1. The molecular formula is C14H11F3N2O2. The number of nitrogens with zero attached hydrogens (tertiary/aromatic N) is 1. The van der Waals surface area contributed by atoms with Gasteiger partial charge in [0.05, 0.1) is 4.92 Å². The number of hydrogen-bond donors (Lipinski definition) is 1. The maximum absolute atomic E-state index is 13.4. The van der Waals surface area contributed by atoms with Gasteiger partial charge in [0.25, 0.3) is 5.69 Å². The quantitative estimate of drug-likeness (QED) is 0.676. The molecule has 0 amide bonds. The van der Waals surface area contributed by atoms with Crippen LogP contribution >= 0.6 is 0 Å².